The minimum absolute atomic E-state index is 0. The molecule has 2 fully saturated rings. The Morgan fingerprint density at radius 1 is 0.968 bits per heavy atom. The van der Waals surface area contributed by atoms with Gasteiger partial charge in [-0.3, -0.25) is 4.79 Å². The minimum Gasteiger partial charge on any atom is -0.493 e. The van der Waals surface area contributed by atoms with Crippen molar-refractivity contribution in [2.45, 2.75) is 38.1 Å². The van der Waals surface area contributed by atoms with E-state index in [2.05, 4.69) is 10.00 Å². The van der Waals surface area contributed by atoms with E-state index in [4.69, 9.17) is 4.74 Å². The quantitative estimate of drug-likeness (QED) is 0.579. The van der Waals surface area contributed by atoms with Gasteiger partial charge in [-0.05, 0) is 75.0 Å². The Labute approximate surface area is 189 Å². The normalized spacial score (nSPS) is 17.8. The Bertz CT molecular complexity index is 1080. The number of likely N-dealkylation sites (tertiary alicyclic amines) is 1. The highest BCUT2D eigenvalue weighted by atomic mass is 35.5. The highest BCUT2D eigenvalue weighted by Crippen LogP contribution is 2.30. The maximum absolute atomic E-state index is 12.4. The standard InChI is InChI=1S/C25H29N3O2.ClH/c1-27-25(29)23-8-3-2-7-22(23)24(26-27)19-9-11-21(12-10-19)30-17-18-13-15-28(16-14-18)20-5-4-6-20;/h2-3,7-12,18,20H,4-6,13-17H2,1H3;1H. The number of fused-ring (bicyclic) bond motifs is 1. The van der Waals surface area contributed by atoms with E-state index in [1.807, 2.05) is 48.5 Å². The molecule has 1 aromatic heterocycles. The molecule has 0 amide bonds. The Kier molecular flexibility index (Phi) is 6.63. The molecular weight excluding hydrogens is 410 g/mol. The Morgan fingerprint density at radius 2 is 1.65 bits per heavy atom. The average molecular weight is 440 g/mol. The summed E-state index contributed by atoms with van der Waals surface area (Å²) in [7, 11) is 1.70. The van der Waals surface area contributed by atoms with Crippen LogP contribution < -0.4 is 10.3 Å². The molecule has 31 heavy (non-hydrogen) atoms. The fourth-order valence-corrected chi connectivity index (χ4v) is 4.67. The first-order valence-electron chi connectivity index (χ1n) is 11.1. The van der Waals surface area contributed by atoms with Crippen molar-refractivity contribution < 1.29 is 4.74 Å². The molecule has 0 unspecified atom stereocenters. The molecule has 0 atom stereocenters. The molecule has 0 bridgehead atoms. The van der Waals surface area contributed by atoms with Gasteiger partial charge in [-0.15, -0.1) is 12.4 Å². The molecule has 164 valence electrons. The molecule has 0 radical (unpaired) electrons. The number of piperidine rings is 1. The van der Waals surface area contributed by atoms with Crippen LogP contribution in [0.3, 0.4) is 0 Å². The van der Waals surface area contributed by atoms with Crippen LogP contribution in [0.25, 0.3) is 22.0 Å². The second-order valence-corrected chi connectivity index (χ2v) is 8.72. The van der Waals surface area contributed by atoms with E-state index in [-0.39, 0.29) is 18.0 Å². The molecule has 0 N–H and O–H groups in total. The van der Waals surface area contributed by atoms with Crippen LogP contribution in [-0.4, -0.2) is 40.4 Å². The van der Waals surface area contributed by atoms with Crippen molar-refractivity contribution in [2.75, 3.05) is 19.7 Å². The smallest absolute Gasteiger partial charge is 0.274 e. The minimum atomic E-state index is -0.0716. The molecule has 2 aromatic carbocycles. The third kappa shape index (κ3) is 4.48. The lowest BCUT2D eigenvalue weighted by molar-refractivity contribution is 0.0708. The summed E-state index contributed by atoms with van der Waals surface area (Å²) in [5.41, 5.74) is 1.74. The lowest BCUT2D eigenvalue weighted by Gasteiger charge is -2.41. The van der Waals surface area contributed by atoms with E-state index in [1.54, 1.807) is 7.05 Å². The average Bonchev–Trinajstić information content (AvgIpc) is 2.75. The molecule has 0 spiro atoms. The van der Waals surface area contributed by atoms with Crippen LogP contribution in [0.15, 0.2) is 53.3 Å². The first-order chi connectivity index (χ1) is 14.7. The molecule has 2 heterocycles. The summed E-state index contributed by atoms with van der Waals surface area (Å²) in [6.07, 6.45) is 6.68. The number of ether oxygens (including phenoxy) is 1. The van der Waals surface area contributed by atoms with Crippen LogP contribution in [0.5, 0.6) is 5.75 Å². The monoisotopic (exact) mass is 439 g/mol. The van der Waals surface area contributed by atoms with Gasteiger partial charge >= 0.3 is 0 Å². The van der Waals surface area contributed by atoms with Crippen molar-refractivity contribution >= 4 is 23.2 Å². The molecule has 1 saturated heterocycles. The zero-order valence-electron chi connectivity index (χ0n) is 18.0. The van der Waals surface area contributed by atoms with Crippen molar-refractivity contribution in [3.63, 3.8) is 0 Å². The molecule has 1 aliphatic heterocycles. The zero-order valence-corrected chi connectivity index (χ0v) is 18.8. The van der Waals surface area contributed by atoms with Gasteiger partial charge in [0.1, 0.15) is 5.75 Å². The van der Waals surface area contributed by atoms with E-state index in [9.17, 15) is 4.79 Å². The highest BCUT2D eigenvalue weighted by molar-refractivity contribution is 5.93. The number of nitrogens with zero attached hydrogens (tertiary/aromatic N) is 3. The number of aryl methyl sites for hydroxylation is 1. The third-order valence-corrected chi connectivity index (χ3v) is 6.81. The molecule has 6 heteroatoms. The van der Waals surface area contributed by atoms with Crippen LogP contribution in [0, 0.1) is 5.92 Å². The van der Waals surface area contributed by atoms with Crippen LogP contribution in [0.4, 0.5) is 0 Å². The van der Waals surface area contributed by atoms with Crippen LogP contribution in [0.2, 0.25) is 0 Å². The number of benzene rings is 2. The van der Waals surface area contributed by atoms with E-state index in [1.165, 1.54) is 49.9 Å². The maximum Gasteiger partial charge on any atom is 0.274 e. The van der Waals surface area contributed by atoms with Gasteiger partial charge in [0.05, 0.1) is 17.7 Å². The Morgan fingerprint density at radius 3 is 2.29 bits per heavy atom. The molecule has 5 rings (SSSR count). The van der Waals surface area contributed by atoms with Crippen LogP contribution >= 0.6 is 12.4 Å². The summed E-state index contributed by atoms with van der Waals surface area (Å²) < 4.78 is 7.52. The van der Waals surface area contributed by atoms with Crippen molar-refractivity contribution in [1.29, 1.82) is 0 Å². The van der Waals surface area contributed by atoms with Crippen LogP contribution in [0.1, 0.15) is 32.1 Å². The van der Waals surface area contributed by atoms with Gasteiger partial charge in [0.15, 0.2) is 0 Å². The molecule has 3 aromatic rings. The highest BCUT2D eigenvalue weighted by Gasteiger charge is 2.28. The van der Waals surface area contributed by atoms with Crippen molar-refractivity contribution in [2.24, 2.45) is 13.0 Å². The van der Waals surface area contributed by atoms with E-state index >= 15 is 0 Å². The summed E-state index contributed by atoms with van der Waals surface area (Å²) in [6.45, 7) is 3.24. The van der Waals surface area contributed by atoms with E-state index in [0.29, 0.717) is 11.3 Å². The maximum atomic E-state index is 12.4. The zero-order chi connectivity index (χ0) is 20.5. The second-order valence-electron chi connectivity index (χ2n) is 8.72. The number of rotatable bonds is 5. The summed E-state index contributed by atoms with van der Waals surface area (Å²) in [5, 5.41) is 6.09. The van der Waals surface area contributed by atoms with Gasteiger partial charge in [-0.2, -0.15) is 5.10 Å². The first-order valence-corrected chi connectivity index (χ1v) is 11.1. The number of hydrogen-bond acceptors (Lipinski definition) is 4. The number of halogens is 1. The molecule has 1 saturated carbocycles. The van der Waals surface area contributed by atoms with Gasteiger partial charge < -0.3 is 9.64 Å². The molecule has 2 aliphatic rings. The largest absolute Gasteiger partial charge is 0.493 e. The Balaban J connectivity index is 0.00000231. The third-order valence-electron chi connectivity index (χ3n) is 6.81. The second kappa shape index (κ2) is 9.41. The summed E-state index contributed by atoms with van der Waals surface area (Å²) >= 11 is 0. The predicted molar refractivity (Wildman–Crippen MR) is 127 cm³/mol. The van der Waals surface area contributed by atoms with Gasteiger partial charge in [-0.1, -0.05) is 24.6 Å². The van der Waals surface area contributed by atoms with Crippen LogP contribution in [-0.2, 0) is 7.05 Å². The molecular formula is C25H30ClN3O2. The fraction of sp³-hybridized carbons (Fsp3) is 0.440. The van der Waals surface area contributed by atoms with Gasteiger partial charge in [0, 0.05) is 24.0 Å². The van der Waals surface area contributed by atoms with Crippen molar-refractivity contribution in [1.82, 2.24) is 14.7 Å². The summed E-state index contributed by atoms with van der Waals surface area (Å²) in [6, 6.07) is 16.6. The first kappa shape index (κ1) is 21.8. The summed E-state index contributed by atoms with van der Waals surface area (Å²) in [5.74, 6) is 1.55. The topological polar surface area (TPSA) is 47.4 Å². The van der Waals surface area contributed by atoms with E-state index < -0.39 is 0 Å². The fourth-order valence-electron chi connectivity index (χ4n) is 4.67. The lowest BCUT2D eigenvalue weighted by atomic mass is 9.88. The van der Waals surface area contributed by atoms with Crippen molar-refractivity contribution in [3.8, 4) is 17.0 Å². The number of hydrogen-bond donors (Lipinski definition) is 0. The predicted octanol–water partition coefficient (Wildman–Crippen LogP) is 4.67. The lowest BCUT2D eigenvalue weighted by Crippen LogP contribution is -2.45. The van der Waals surface area contributed by atoms with Gasteiger partial charge in [-0.25, -0.2) is 4.68 Å². The van der Waals surface area contributed by atoms with Crippen molar-refractivity contribution in [3.05, 3.63) is 58.9 Å². The molecule has 5 nitrogen and oxygen atoms in total. The van der Waals surface area contributed by atoms with Gasteiger partial charge in [0.25, 0.3) is 5.56 Å². The Hall–Kier alpha value is -2.37. The SMILES string of the molecule is Cl.Cn1nc(-c2ccc(OCC3CCN(C4CCC4)CC3)cc2)c2ccccc2c1=O. The molecule has 1 aliphatic carbocycles. The summed E-state index contributed by atoms with van der Waals surface area (Å²) in [4.78, 5) is 15.0. The van der Waals surface area contributed by atoms with Gasteiger partial charge in [0.2, 0.25) is 0 Å². The van der Waals surface area contributed by atoms with E-state index in [0.717, 1.165) is 35.0 Å². The number of aromatic nitrogens is 2.